The Morgan fingerprint density at radius 2 is 2.26 bits per heavy atom. The molecular weight excluding hydrogens is 332 g/mol. The summed E-state index contributed by atoms with van der Waals surface area (Å²) in [6.07, 6.45) is 1.86. The van der Waals surface area contributed by atoms with Gasteiger partial charge in [0.05, 0.1) is 11.8 Å². The van der Waals surface area contributed by atoms with Gasteiger partial charge in [-0.25, -0.2) is 8.42 Å². The number of benzene rings is 1. The molecule has 0 amide bonds. The molecule has 1 heterocycles. The van der Waals surface area contributed by atoms with Crippen molar-refractivity contribution in [2.75, 3.05) is 25.9 Å². The van der Waals surface area contributed by atoms with Crippen molar-refractivity contribution in [2.45, 2.75) is 23.8 Å². The molecule has 0 aliphatic carbocycles. The minimum atomic E-state index is -3.58. The van der Waals surface area contributed by atoms with Crippen LogP contribution in [-0.4, -0.2) is 39.0 Å². The maximum atomic E-state index is 12.5. The Bertz CT molecular complexity index is 556. The number of ether oxygens (including phenoxy) is 1. The lowest BCUT2D eigenvalue weighted by atomic mass is 10.2. The molecule has 0 saturated carbocycles. The van der Waals surface area contributed by atoms with Crippen LogP contribution in [0.3, 0.4) is 0 Å². The number of hydrogen-bond donors (Lipinski definition) is 1. The van der Waals surface area contributed by atoms with Gasteiger partial charge in [0.2, 0.25) is 10.0 Å². The molecule has 0 spiro atoms. The van der Waals surface area contributed by atoms with E-state index in [4.69, 9.17) is 10.5 Å². The molecule has 1 aromatic rings. The van der Waals surface area contributed by atoms with E-state index >= 15 is 0 Å². The highest BCUT2D eigenvalue weighted by Gasteiger charge is 2.27. The number of hydrogen-bond acceptors (Lipinski definition) is 4. The molecule has 1 fully saturated rings. The van der Waals surface area contributed by atoms with Gasteiger partial charge in [-0.15, -0.1) is 0 Å². The molecule has 1 unspecified atom stereocenters. The van der Waals surface area contributed by atoms with Gasteiger partial charge in [-0.3, -0.25) is 0 Å². The fraction of sp³-hybridized carbons (Fsp3) is 0.500. The highest BCUT2D eigenvalue weighted by atomic mass is 79.9. The van der Waals surface area contributed by atoms with Gasteiger partial charge in [0.25, 0.3) is 0 Å². The smallest absolute Gasteiger partial charge is 0.244 e. The first-order valence-corrected chi connectivity index (χ1v) is 8.27. The van der Waals surface area contributed by atoms with Crippen molar-refractivity contribution in [3.8, 4) is 0 Å². The number of nitrogens with zero attached hydrogens (tertiary/aromatic N) is 1. The van der Waals surface area contributed by atoms with Crippen molar-refractivity contribution in [3.63, 3.8) is 0 Å². The second kappa shape index (κ2) is 5.78. The van der Waals surface area contributed by atoms with E-state index in [1.54, 1.807) is 19.2 Å². The number of halogens is 1. The number of rotatable bonds is 4. The van der Waals surface area contributed by atoms with E-state index in [-0.39, 0.29) is 16.7 Å². The first-order chi connectivity index (χ1) is 8.91. The fourth-order valence-electron chi connectivity index (χ4n) is 2.07. The van der Waals surface area contributed by atoms with Crippen LogP contribution in [0.5, 0.6) is 0 Å². The molecule has 0 bridgehead atoms. The molecule has 1 aromatic carbocycles. The zero-order chi connectivity index (χ0) is 14.0. The molecule has 1 saturated heterocycles. The van der Waals surface area contributed by atoms with E-state index in [0.717, 1.165) is 12.8 Å². The van der Waals surface area contributed by atoms with Crippen LogP contribution in [0.15, 0.2) is 27.6 Å². The Balaban J connectivity index is 2.22. The zero-order valence-corrected chi connectivity index (χ0v) is 13.1. The topological polar surface area (TPSA) is 72.6 Å². The number of anilines is 1. The summed E-state index contributed by atoms with van der Waals surface area (Å²) in [5.41, 5.74) is 6.02. The van der Waals surface area contributed by atoms with Crippen LogP contribution in [0.4, 0.5) is 5.69 Å². The van der Waals surface area contributed by atoms with Crippen LogP contribution in [-0.2, 0) is 14.8 Å². The fourth-order valence-corrected chi connectivity index (χ4v) is 3.93. The lowest BCUT2D eigenvalue weighted by Gasteiger charge is -2.21. The highest BCUT2D eigenvalue weighted by Crippen LogP contribution is 2.26. The molecular formula is C12H17BrN2O3S. The van der Waals surface area contributed by atoms with Crippen LogP contribution in [0.25, 0.3) is 0 Å². The van der Waals surface area contributed by atoms with Gasteiger partial charge in [-0.1, -0.05) is 15.9 Å². The predicted octanol–water partition coefficient (Wildman–Crippen LogP) is 1.83. The average molecular weight is 349 g/mol. The Morgan fingerprint density at radius 3 is 2.89 bits per heavy atom. The van der Waals surface area contributed by atoms with Crippen LogP contribution in [0, 0.1) is 0 Å². The zero-order valence-electron chi connectivity index (χ0n) is 10.7. The van der Waals surface area contributed by atoms with E-state index in [2.05, 4.69) is 15.9 Å². The Labute approximate surface area is 121 Å². The van der Waals surface area contributed by atoms with Crippen molar-refractivity contribution < 1.29 is 13.2 Å². The Morgan fingerprint density at radius 1 is 1.53 bits per heavy atom. The third-order valence-electron chi connectivity index (χ3n) is 3.15. The highest BCUT2D eigenvalue weighted by molar-refractivity contribution is 9.10. The molecule has 0 aromatic heterocycles. The average Bonchev–Trinajstić information content (AvgIpc) is 2.85. The Hall–Kier alpha value is -0.630. The van der Waals surface area contributed by atoms with Gasteiger partial charge < -0.3 is 10.5 Å². The summed E-state index contributed by atoms with van der Waals surface area (Å²) in [7, 11) is -2.03. The van der Waals surface area contributed by atoms with Gasteiger partial charge in [-0.2, -0.15) is 4.31 Å². The number of nitrogens with two attached hydrogens (primary N) is 1. The monoisotopic (exact) mass is 348 g/mol. The molecule has 2 N–H and O–H groups in total. The summed E-state index contributed by atoms with van der Waals surface area (Å²) in [5, 5.41) is 0. The second-order valence-electron chi connectivity index (χ2n) is 4.60. The van der Waals surface area contributed by atoms with Gasteiger partial charge >= 0.3 is 0 Å². The van der Waals surface area contributed by atoms with Crippen LogP contribution in [0.2, 0.25) is 0 Å². The SMILES string of the molecule is CN(CC1CCCO1)S(=O)(=O)c1cc(Br)ccc1N. The first-order valence-electron chi connectivity index (χ1n) is 6.04. The van der Waals surface area contributed by atoms with Crippen LogP contribution in [0.1, 0.15) is 12.8 Å². The van der Waals surface area contributed by atoms with Gasteiger partial charge in [0.1, 0.15) is 4.90 Å². The Kier molecular flexibility index (Phi) is 4.50. The molecule has 0 radical (unpaired) electrons. The van der Waals surface area contributed by atoms with E-state index in [0.29, 0.717) is 17.6 Å². The number of likely N-dealkylation sites (N-methyl/N-ethyl adjacent to an activating group) is 1. The van der Waals surface area contributed by atoms with E-state index in [9.17, 15) is 8.42 Å². The second-order valence-corrected chi connectivity index (χ2v) is 7.53. The lowest BCUT2D eigenvalue weighted by molar-refractivity contribution is 0.0979. The minimum Gasteiger partial charge on any atom is -0.398 e. The van der Waals surface area contributed by atoms with Crippen molar-refractivity contribution in [1.29, 1.82) is 0 Å². The maximum absolute atomic E-state index is 12.5. The normalized spacial score (nSPS) is 20.1. The number of sulfonamides is 1. The van der Waals surface area contributed by atoms with Gasteiger partial charge in [0, 0.05) is 24.7 Å². The van der Waals surface area contributed by atoms with Gasteiger partial charge in [-0.05, 0) is 31.0 Å². The molecule has 1 aliphatic heterocycles. The summed E-state index contributed by atoms with van der Waals surface area (Å²) >= 11 is 3.26. The number of nitrogen functional groups attached to an aromatic ring is 1. The van der Waals surface area contributed by atoms with Crippen molar-refractivity contribution in [3.05, 3.63) is 22.7 Å². The van der Waals surface area contributed by atoms with Gasteiger partial charge in [0.15, 0.2) is 0 Å². The third-order valence-corrected chi connectivity index (χ3v) is 5.52. The molecule has 1 atom stereocenters. The van der Waals surface area contributed by atoms with E-state index in [1.807, 2.05) is 0 Å². The third kappa shape index (κ3) is 3.28. The predicted molar refractivity (Wildman–Crippen MR) is 77.3 cm³/mol. The maximum Gasteiger partial charge on any atom is 0.244 e. The van der Waals surface area contributed by atoms with Crippen molar-refractivity contribution >= 4 is 31.6 Å². The summed E-state index contributed by atoms with van der Waals surface area (Å²) in [4.78, 5) is 0.127. The first kappa shape index (κ1) is 14.8. The van der Waals surface area contributed by atoms with Crippen LogP contribution < -0.4 is 5.73 Å². The largest absolute Gasteiger partial charge is 0.398 e. The minimum absolute atomic E-state index is 0.0202. The quantitative estimate of drug-likeness (QED) is 0.842. The molecule has 19 heavy (non-hydrogen) atoms. The molecule has 2 rings (SSSR count). The van der Waals surface area contributed by atoms with Crippen LogP contribution >= 0.6 is 15.9 Å². The molecule has 1 aliphatic rings. The summed E-state index contributed by atoms with van der Waals surface area (Å²) < 4.78 is 32.4. The standard InChI is InChI=1S/C12H17BrN2O3S/c1-15(8-10-3-2-6-18-10)19(16,17)12-7-9(13)4-5-11(12)14/h4-5,7,10H,2-3,6,8,14H2,1H3. The summed E-state index contributed by atoms with van der Waals surface area (Å²) in [6, 6.07) is 4.82. The van der Waals surface area contributed by atoms with E-state index in [1.165, 1.54) is 10.4 Å². The lowest BCUT2D eigenvalue weighted by Crippen LogP contribution is -2.34. The van der Waals surface area contributed by atoms with Crippen molar-refractivity contribution in [2.24, 2.45) is 0 Å². The van der Waals surface area contributed by atoms with Crippen molar-refractivity contribution in [1.82, 2.24) is 4.31 Å². The summed E-state index contributed by atoms with van der Waals surface area (Å²) in [5.74, 6) is 0. The molecule has 106 valence electrons. The molecule has 7 heteroatoms. The summed E-state index contributed by atoms with van der Waals surface area (Å²) in [6.45, 7) is 1.06. The van der Waals surface area contributed by atoms with E-state index < -0.39 is 10.0 Å². The molecule has 5 nitrogen and oxygen atoms in total.